The molecule has 4 amide bonds. The SMILES string of the molecule is COCCC1(Oc2ccc(Oc3ccc4nn(-c5ccncn5)cc4c3)cc2)C(=O)NC(=O)NC1=O. The minimum Gasteiger partial charge on any atom is -0.467 e. The molecule has 5 rings (SSSR count). The normalized spacial score (nSPS) is 14.9. The molecular formula is C24H20N6O6. The largest absolute Gasteiger partial charge is 0.467 e. The van der Waals surface area contributed by atoms with E-state index in [9.17, 15) is 14.4 Å². The summed E-state index contributed by atoms with van der Waals surface area (Å²) in [6.45, 7) is 0.0620. The topological polar surface area (TPSA) is 147 Å². The van der Waals surface area contributed by atoms with Crippen molar-refractivity contribution >= 4 is 28.7 Å². The second-order valence-corrected chi connectivity index (χ2v) is 7.84. The molecule has 0 saturated carbocycles. The Morgan fingerprint density at radius 1 is 0.944 bits per heavy atom. The van der Waals surface area contributed by atoms with E-state index < -0.39 is 23.4 Å². The van der Waals surface area contributed by atoms with Crippen LogP contribution >= 0.6 is 0 Å². The number of barbiturate groups is 1. The molecule has 182 valence electrons. The number of aromatic nitrogens is 4. The smallest absolute Gasteiger partial charge is 0.328 e. The van der Waals surface area contributed by atoms with Crippen LogP contribution in [0.3, 0.4) is 0 Å². The van der Waals surface area contributed by atoms with Crippen molar-refractivity contribution in [1.82, 2.24) is 30.4 Å². The van der Waals surface area contributed by atoms with Crippen molar-refractivity contribution in [3.63, 3.8) is 0 Å². The van der Waals surface area contributed by atoms with Gasteiger partial charge in [-0.05, 0) is 42.5 Å². The van der Waals surface area contributed by atoms with E-state index in [0.717, 1.165) is 10.9 Å². The average Bonchev–Trinajstić information content (AvgIpc) is 3.31. The summed E-state index contributed by atoms with van der Waals surface area (Å²) in [5.41, 5.74) is -1.17. The highest BCUT2D eigenvalue weighted by molar-refractivity contribution is 6.21. The molecule has 2 aromatic heterocycles. The molecule has 12 nitrogen and oxygen atoms in total. The Hall–Kier alpha value is -4.84. The number of urea groups is 1. The van der Waals surface area contributed by atoms with Crippen LogP contribution in [0.1, 0.15) is 6.42 Å². The van der Waals surface area contributed by atoms with Crippen molar-refractivity contribution in [2.75, 3.05) is 13.7 Å². The molecule has 0 aliphatic carbocycles. The highest BCUT2D eigenvalue weighted by Gasteiger charge is 2.52. The molecule has 0 radical (unpaired) electrons. The van der Waals surface area contributed by atoms with Gasteiger partial charge in [-0.25, -0.2) is 19.4 Å². The lowest BCUT2D eigenvalue weighted by Crippen LogP contribution is -2.69. The number of hydrogen-bond acceptors (Lipinski definition) is 9. The van der Waals surface area contributed by atoms with Crippen molar-refractivity contribution in [2.45, 2.75) is 12.0 Å². The van der Waals surface area contributed by atoms with Crippen LogP contribution in [0.4, 0.5) is 4.79 Å². The van der Waals surface area contributed by atoms with Crippen molar-refractivity contribution in [3.8, 4) is 23.1 Å². The Bertz CT molecular complexity index is 1420. The van der Waals surface area contributed by atoms with Crippen LogP contribution in [0.15, 0.2) is 67.3 Å². The standard InChI is InChI=1S/C24H20N6O6/c1-34-11-9-24(21(31)27-23(33)28-22(24)32)36-17-4-2-16(3-5-17)35-18-6-7-19-15(12-18)13-30(29-19)20-8-10-25-14-26-20/h2-8,10,12-14H,9,11H2,1H3,(H2,27,28,31,32,33). The number of hydrogen-bond donors (Lipinski definition) is 2. The van der Waals surface area contributed by atoms with E-state index in [0.29, 0.717) is 17.3 Å². The zero-order chi connectivity index (χ0) is 25.1. The first-order valence-electron chi connectivity index (χ1n) is 10.9. The monoisotopic (exact) mass is 488 g/mol. The number of carbonyl (C=O) groups is 3. The van der Waals surface area contributed by atoms with Gasteiger partial charge in [-0.2, -0.15) is 5.10 Å². The fraction of sp³-hybridized carbons (Fsp3) is 0.167. The van der Waals surface area contributed by atoms with Crippen LogP contribution in [0.25, 0.3) is 16.7 Å². The summed E-state index contributed by atoms with van der Waals surface area (Å²) in [7, 11) is 1.43. The van der Waals surface area contributed by atoms with Crippen LogP contribution in [0, 0.1) is 0 Å². The van der Waals surface area contributed by atoms with E-state index in [1.54, 1.807) is 47.3 Å². The quantitative estimate of drug-likeness (QED) is 0.356. The van der Waals surface area contributed by atoms with Gasteiger partial charge in [0.25, 0.3) is 17.4 Å². The minimum atomic E-state index is -1.94. The van der Waals surface area contributed by atoms with E-state index in [1.807, 2.05) is 18.3 Å². The van der Waals surface area contributed by atoms with Gasteiger partial charge in [0, 0.05) is 37.4 Å². The summed E-state index contributed by atoms with van der Waals surface area (Å²) in [4.78, 5) is 44.7. The number of nitrogens with one attached hydrogen (secondary N) is 2. The first kappa shape index (κ1) is 22.9. The lowest BCUT2D eigenvalue weighted by atomic mass is 9.95. The van der Waals surface area contributed by atoms with Crippen LogP contribution < -0.4 is 20.1 Å². The Kier molecular flexibility index (Phi) is 6.00. The predicted molar refractivity (Wildman–Crippen MR) is 125 cm³/mol. The van der Waals surface area contributed by atoms with E-state index in [-0.39, 0.29) is 18.8 Å². The summed E-state index contributed by atoms with van der Waals surface area (Å²) < 4.78 is 18.4. The summed E-state index contributed by atoms with van der Waals surface area (Å²) in [5, 5.41) is 9.50. The first-order chi connectivity index (χ1) is 17.5. The zero-order valence-corrected chi connectivity index (χ0v) is 19.0. The third-order valence-corrected chi connectivity index (χ3v) is 5.47. The molecule has 3 heterocycles. The molecule has 0 atom stereocenters. The van der Waals surface area contributed by atoms with Gasteiger partial charge in [0.05, 0.1) is 12.1 Å². The summed E-state index contributed by atoms with van der Waals surface area (Å²) in [5.74, 6) is 0.254. The first-order valence-corrected chi connectivity index (χ1v) is 10.9. The van der Waals surface area contributed by atoms with Crippen molar-refractivity contribution in [2.24, 2.45) is 0 Å². The molecule has 2 aromatic carbocycles. The van der Waals surface area contributed by atoms with E-state index >= 15 is 0 Å². The Morgan fingerprint density at radius 2 is 1.67 bits per heavy atom. The number of amides is 4. The number of methoxy groups -OCH3 is 1. The van der Waals surface area contributed by atoms with Gasteiger partial charge in [0.15, 0.2) is 5.82 Å². The van der Waals surface area contributed by atoms with Gasteiger partial charge in [0.1, 0.15) is 23.6 Å². The molecule has 1 fully saturated rings. The molecule has 0 unspecified atom stereocenters. The van der Waals surface area contributed by atoms with Gasteiger partial charge in [-0.15, -0.1) is 0 Å². The third-order valence-electron chi connectivity index (χ3n) is 5.47. The Labute approximate surface area is 204 Å². The fourth-order valence-electron chi connectivity index (χ4n) is 3.68. The molecule has 1 aliphatic rings. The third kappa shape index (κ3) is 4.44. The second kappa shape index (κ2) is 9.43. The molecule has 36 heavy (non-hydrogen) atoms. The fourth-order valence-corrected chi connectivity index (χ4v) is 3.68. The van der Waals surface area contributed by atoms with Crippen LogP contribution in [0.2, 0.25) is 0 Å². The average molecular weight is 488 g/mol. The lowest BCUT2D eigenvalue weighted by Gasteiger charge is -2.34. The van der Waals surface area contributed by atoms with E-state index in [1.165, 1.54) is 13.4 Å². The maximum Gasteiger partial charge on any atom is 0.328 e. The zero-order valence-electron chi connectivity index (χ0n) is 19.0. The van der Waals surface area contributed by atoms with E-state index in [4.69, 9.17) is 14.2 Å². The molecule has 1 aliphatic heterocycles. The number of imide groups is 2. The second-order valence-electron chi connectivity index (χ2n) is 7.84. The predicted octanol–water partition coefficient (Wildman–Crippen LogP) is 2.13. The lowest BCUT2D eigenvalue weighted by molar-refractivity contribution is -0.153. The van der Waals surface area contributed by atoms with Crippen molar-refractivity contribution < 1.29 is 28.6 Å². The molecule has 1 saturated heterocycles. The van der Waals surface area contributed by atoms with E-state index in [2.05, 4.69) is 25.7 Å². The number of fused-ring (bicyclic) bond motifs is 1. The van der Waals surface area contributed by atoms with Gasteiger partial charge in [-0.3, -0.25) is 20.2 Å². The molecule has 0 bridgehead atoms. The molecule has 0 spiro atoms. The molecule has 4 aromatic rings. The number of carbonyl (C=O) groups excluding carboxylic acids is 3. The summed E-state index contributed by atoms with van der Waals surface area (Å²) >= 11 is 0. The van der Waals surface area contributed by atoms with Crippen LogP contribution in [0.5, 0.6) is 17.2 Å². The maximum absolute atomic E-state index is 12.5. The molecule has 12 heteroatoms. The minimum absolute atomic E-state index is 0.0620. The van der Waals surface area contributed by atoms with Gasteiger partial charge < -0.3 is 14.2 Å². The Morgan fingerprint density at radius 3 is 2.36 bits per heavy atom. The number of nitrogens with zero attached hydrogens (tertiary/aromatic N) is 4. The van der Waals surface area contributed by atoms with Crippen LogP contribution in [-0.2, 0) is 14.3 Å². The van der Waals surface area contributed by atoms with Gasteiger partial charge in [0.2, 0.25) is 0 Å². The van der Waals surface area contributed by atoms with Crippen molar-refractivity contribution in [3.05, 3.63) is 67.3 Å². The Balaban J connectivity index is 1.33. The highest BCUT2D eigenvalue weighted by Crippen LogP contribution is 2.30. The summed E-state index contributed by atoms with van der Waals surface area (Å²) in [6, 6.07) is 12.7. The number of rotatable bonds is 8. The van der Waals surface area contributed by atoms with Crippen molar-refractivity contribution in [1.29, 1.82) is 0 Å². The maximum atomic E-state index is 12.5. The number of benzene rings is 2. The molecule has 2 N–H and O–H groups in total. The van der Waals surface area contributed by atoms with Gasteiger partial charge >= 0.3 is 6.03 Å². The number of ether oxygens (including phenoxy) is 3. The van der Waals surface area contributed by atoms with Crippen LogP contribution in [-0.4, -0.2) is 56.9 Å². The molecular weight excluding hydrogens is 468 g/mol. The summed E-state index contributed by atoms with van der Waals surface area (Å²) in [6.07, 6.45) is 4.85. The van der Waals surface area contributed by atoms with Gasteiger partial charge in [-0.1, -0.05) is 0 Å². The highest BCUT2D eigenvalue weighted by atomic mass is 16.5.